The standard InChI is InChI=1S/C33H35FN4O3/c1-33(2,3)41-32(40)36-27-15-16-28(38(21-27)20-22-7-5-4-6-8-22)19-35-31(39)30-18-25-10-9-24(17-29(25)37-30)23-11-13-26(34)14-12-23/h4-14,17-18,21,28,37H,15-16,19-20H2,1-3H3,(H,35,39)(H,36,40). The van der Waals surface area contributed by atoms with Gasteiger partial charge >= 0.3 is 6.09 Å². The van der Waals surface area contributed by atoms with E-state index in [9.17, 15) is 14.0 Å². The van der Waals surface area contributed by atoms with E-state index in [1.807, 2.05) is 69.4 Å². The van der Waals surface area contributed by atoms with Crippen molar-refractivity contribution in [2.45, 2.75) is 51.8 Å². The molecule has 7 nitrogen and oxygen atoms in total. The van der Waals surface area contributed by atoms with Gasteiger partial charge in [0.25, 0.3) is 5.91 Å². The fraction of sp³-hybridized carbons (Fsp3) is 0.273. The van der Waals surface area contributed by atoms with Crippen LogP contribution >= 0.6 is 0 Å². The van der Waals surface area contributed by atoms with E-state index in [4.69, 9.17) is 4.74 Å². The Kier molecular flexibility index (Phi) is 8.10. The molecule has 41 heavy (non-hydrogen) atoms. The van der Waals surface area contributed by atoms with Gasteiger partial charge in [-0.2, -0.15) is 0 Å². The average Bonchev–Trinajstić information content (AvgIpc) is 3.36. The number of nitrogens with one attached hydrogen (secondary N) is 3. The van der Waals surface area contributed by atoms with Gasteiger partial charge in [-0.15, -0.1) is 0 Å². The fourth-order valence-electron chi connectivity index (χ4n) is 4.95. The summed E-state index contributed by atoms with van der Waals surface area (Å²) < 4.78 is 18.8. The fourth-order valence-corrected chi connectivity index (χ4v) is 4.95. The van der Waals surface area contributed by atoms with Crippen molar-refractivity contribution in [3.63, 3.8) is 0 Å². The predicted octanol–water partition coefficient (Wildman–Crippen LogP) is 6.73. The van der Waals surface area contributed by atoms with Crippen LogP contribution < -0.4 is 10.6 Å². The first-order chi connectivity index (χ1) is 19.6. The number of nitrogens with zero attached hydrogens (tertiary/aromatic N) is 1. The highest BCUT2D eigenvalue weighted by Gasteiger charge is 2.25. The number of carbonyl (C=O) groups excluding carboxylic acids is 2. The van der Waals surface area contributed by atoms with Crippen molar-refractivity contribution in [3.05, 3.63) is 108 Å². The minimum absolute atomic E-state index is 0.0396. The van der Waals surface area contributed by atoms with Crippen LogP contribution in [0.4, 0.5) is 9.18 Å². The largest absolute Gasteiger partial charge is 0.444 e. The van der Waals surface area contributed by atoms with Crippen molar-refractivity contribution in [1.29, 1.82) is 0 Å². The number of amides is 2. The van der Waals surface area contributed by atoms with E-state index in [-0.39, 0.29) is 17.8 Å². The zero-order chi connectivity index (χ0) is 29.0. The van der Waals surface area contributed by atoms with Crippen molar-refractivity contribution >= 4 is 22.9 Å². The van der Waals surface area contributed by atoms with Crippen LogP contribution in [0.5, 0.6) is 0 Å². The molecule has 8 heteroatoms. The van der Waals surface area contributed by atoms with Gasteiger partial charge in [0.15, 0.2) is 0 Å². The average molecular weight is 555 g/mol. The number of ether oxygens (including phenoxy) is 1. The van der Waals surface area contributed by atoms with E-state index in [0.29, 0.717) is 25.2 Å². The number of H-pyrrole nitrogens is 1. The smallest absolute Gasteiger partial charge is 0.411 e. The lowest BCUT2D eigenvalue weighted by Gasteiger charge is -2.36. The summed E-state index contributed by atoms with van der Waals surface area (Å²) in [6, 6.07) is 24.2. The zero-order valence-corrected chi connectivity index (χ0v) is 23.5. The first-order valence-electron chi connectivity index (χ1n) is 13.8. The summed E-state index contributed by atoms with van der Waals surface area (Å²) in [7, 11) is 0. The highest BCUT2D eigenvalue weighted by molar-refractivity contribution is 5.98. The lowest BCUT2D eigenvalue weighted by atomic mass is 10.0. The summed E-state index contributed by atoms with van der Waals surface area (Å²) in [5.74, 6) is -0.467. The van der Waals surface area contributed by atoms with Crippen molar-refractivity contribution in [1.82, 2.24) is 20.5 Å². The molecule has 0 saturated heterocycles. The maximum absolute atomic E-state index is 13.3. The third-order valence-corrected chi connectivity index (χ3v) is 6.95. The molecule has 4 aromatic rings. The summed E-state index contributed by atoms with van der Waals surface area (Å²) in [6.45, 7) is 6.58. The maximum Gasteiger partial charge on any atom is 0.411 e. The summed E-state index contributed by atoms with van der Waals surface area (Å²) in [4.78, 5) is 30.9. The van der Waals surface area contributed by atoms with Crippen LogP contribution in [0.1, 0.15) is 49.7 Å². The summed E-state index contributed by atoms with van der Waals surface area (Å²) in [5.41, 5.74) is 4.48. The first-order valence-corrected chi connectivity index (χ1v) is 13.8. The number of hydrogen-bond acceptors (Lipinski definition) is 4. The molecule has 212 valence electrons. The molecule has 1 aromatic heterocycles. The number of aromatic amines is 1. The summed E-state index contributed by atoms with van der Waals surface area (Å²) in [5, 5.41) is 6.90. The summed E-state index contributed by atoms with van der Waals surface area (Å²) >= 11 is 0. The van der Waals surface area contributed by atoms with Gasteiger partial charge in [0.05, 0.1) is 0 Å². The van der Waals surface area contributed by atoms with Gasteiger partial charge in [0.2, 0.25) is 0 Å². The third-order valence-electron chi connectivity index (χ3n) is 6.95. The van der Waals surface area contributed by atoms with Crippen molar-refractivity contribution < 1.29 is 18.7 Å². The Morgan fingerprint density at radius 1 is 1.00 bits per heavy atom. The molecule has 0 saturated carbocycles. The van der Waals surface area contributed by atoms with Crippen LogP contribution in [0.15, 0.2) is 90.8 Å². The lowest BCUT2D eigenvalue weighted by molar-refractivity contribution is 0.0539. The predicted molar refractivity (Wildman–Crippen MR) is 158 cm³/mol. The highest BCUT2D eigenvalue weighted by Crippen LogP contribution is 2.26. The molecule has 2 heterocycles. The van der Waals surface area contributed by atoms with Gasteiger partial charge in [-0.1, -0.05) is 54.6 Å². The molecule has 0 fully saturated rings. The SMILES string of the molecule is CC(C)(C)OC(=O)NC1=CN(Cc2ccccc2)C(CNC(=O)c2cc3ccc(-c4ccc(F)cc4)cc3[nH]2)CC1. The lowest BCUT2D eigenvalue weighted by Crippen LogP contribution is -2.44. The van der Waals surface area contributed by atoms with E-state index in [1.165, 1.54) is 12.1 Å². The third kappa shape index (κ3) is 7.33. The van der Waals surface area contributed by atoms with E-state index >= 15 is 0 Å². The molecule has 0 bridgehead atoms. The topological polar surface area (TPSA) is 86.5 Å². The number of allylic oxidation sites excluding steroid dienone is 1. The van der Waals surface area contributed by atoms with E-state index in [1.54, 1.807) is 12.1 Å². The Labute approximate surface area is 239 Å². The zero-order valence-electron chi connectivity index (χ0n) is 23.5. The molecule has 1 atom stereocenters. The molecule has 0 aliphatic carbocycles. The van der Waals surface area contributed by atoms with E-state index in [0.717, 1.165) is 39.7 Å². The number of fused-ring (bicyclic) bond motifs is 1. The first kappa shape index (κ1) is 28.0. The number of carbonyl (C=O) groups is 2. The van der Waals surface area contributed by atoms with Gasteiger partial charge < -0.3 is 19.9 Å². The monoisotopic (exact) mass is 554 g/mol. The van der Waals surface area contributed by atoms with E-state index in [2.05, 4.69) is 32.7 Å². The number of benzene rings is 3. The number of aromatic nitrogens is 1. The van der Waals surface area contributed by atoms with Crippen molar-refractivity contribution in [2.75, 3.05) is 6.54 Å². The Morgan fingerprint density at radius 3 is 2.46 bits per heavy atom. The molecule has 3 aromatic carbocycles. The van der Waals surface area contributed by atoms with Gasteiger partial charge in [-0.05, 0) is 74.6 Å². The van der Waals surface area contributed by atoms with Gasteiger partial charge in [0, 0.05) is 41.9 Å². The minimum atomic E-state index is -0.582. The summed E-state index contributed by atoms with van der Waals surface area (Å²) in [6.07, 6.45) is 2.89. The molecular formula is C33H35FN4O3. The van der Waals surface area contributed by atoms with Crippen LogP contribution in [-0.4, -0.2) is 40.1 Å². The number of alkyl carbamates (subject to hydrolysis) is 1. The second-order valence-corrected chi connectivity index (χ2v) is 11.3. The molecular weight excluding hydrogens is 519 g/mol. The molecule has 3 N–H and O–H groups in total. The Hall–Kier alpha value is -4.59. The van der Waals surface area contributed by atoms with Crippen LogP contribution in [0, 0.1) is 5.82 Å². The Bertz CT molecular complexity index is 1560. The van der Waals surface area contributed by atoms with Crippen LogP contribution in [0.25, 0.3) is 22.0 Å². The molecule has 1 aliphatic heterocycles. The Balaban J connectivity index is 1.27. The number of hydrogen-bond donors (Lipinski definition) is 3. The molecule has 2 amide bonds. The van der Waals surface area contributed by atoms with Crippen molar-refractivity contribution in [3.8, 4) is 11.1 Å². The normalized spacial score (nSPS) is 15.4. The number of halogens is 1. The number of rotatable bonds is 7. The van der Waals surface area contributed by atoms with Crippen LogP contribution in [-0.2, 0) is 11.3 Å². The van der Waals surface area contributed by atoms with Gasteiger partial charge in [0.1, 0.15) is 17.1 Å². The molecule has 0 spiro atoms. The molecule has 5 rings (SSSR count). The van der Waals surface area contributed by atoms with Crippen LogP contribution in [0.2, 0.25) is 0 Å². The van der Waals surface area contributed by atoms with Crippen molar-refractivity contribution in [2.24, 2.45) is 0 Å². The molecule has 0 radical (unpaired) electrons. The maximum atomic E-state index is 13.3. The Morgan fingerprint density at radius 2 is 1.73 bits per heavy atom. The molecule has 1 aliphatic rings. The second-order valence-electron chi connectivity index (χ2n) is 11.3. The molecule has 1 unspecified atom stereocenters. The highest BCUT2D eigenvalue weighted by atomic mass is 19.1. The van der Waals surface area contributed by atoms with E-state index < -0.39 is 11.7 Å². The minimum Gasteiger partial charge on any atom is -0.444 e. The second kappa shape index (κ2) is 11.9. The quantitative estimate of drug-likeness (QED) is 0.236. The van der Waals surface area contributed by atoms with Gasteiger partial charge in [-0.25, -0.2) is 9.18 Å². The van der Waals surface area contributed by atoms with Gasteiger partial charge in [-0.3, -0.25) is 10.1 Å². The van der Waals surface area contributed by atoms with Crippen LogP contribution in [0.3, 0.4) is 0 Å².